The van der Waals surface area contributed by atoms with Crippen LogP contribution in [0.15, 0.2) is 83.9 Å². The van der Waals surface area contributed by atoms with E-state index in [-0.39, 0.29) is 23.2 Å². The van der Waals surface area contributed by atoms with E-state index in [9.17, 15) is 18.8 Å². The van der Waals surface area contributed by atoms with Gasteiger partial charge in [-0.05, 0) is 66.4 Å². The van der Waals surface area contributed by atoms with Crippen molar-refractivity contribution in [1.29, 1.82) is 0 Å². The maximum atomic E-state index is 13.1. The Balaban J connectivity index is 1.43. The molecule has 3 aromatic carbocycles. The fourth-order valence-electron chi connectivity index (χ4n) is 3.86. The van der Waals surface area contributed by atoms with Crippen LogP contribution in [-0.2, 0) is 16.1 Å². The number of benzene rings is 3. The third-order valence-electron chi connectivity index (χ3n) is 5.41. The van der Waals surface area contributed by atoms with Gasteiger partial charge in [-0.2, -0.15) is 0 Å². The summed E-state index contributed by atoms with van der Waals surface area (Å²) in [6.07, 6.45) is 3.43. The molecule has 3 amide bonds. The number of hydrogen-bond acceptors (Lipinski definition) is 4. The number of amides is 3. The van der Waals surface area contributed by atoms with Gasteiger partial charge in [0, 0.05) is 33.4 Å². The summed E-state index contributed by atoms with van der Waals surface area (Å²) in [6.45, 7) is 0.00965. The second-order valence-corrected chi connectivity index (χ2v) is 9.21. The molecule has 1 N–H and O–H groups in total. The molecule has 0 spiro atoms. The molecule has 9 heteroatoms. The Bertz CT molecular complexity index is 1510. The van der Waals surface area contributed by atoms with E-state index in [0.717, 1.165) is 27.6 Å². The third kappa shape index (κ3) is 4.71. The van der Waals surface area contributed by atoms with Crippen LogP contribution in [0.1, 0.15) is 5.56 Å². The number of anilines is 2. The van der Waals surface area contributed by atoms with E-state index >= 15 is 0 Å². The van der Waals surface area contributed by atoms with Gasteiger partial charge < -0.3 is 9.88 Å². The lowest BCUT2D eigenvalue weighted by Crippen LogP contribution is -2.27. The predicted molar refractivity (Wildman–Crippen MR) is 137 cm³/mol. The second-order valence-electron chi connectivity index (χ2n) is 7.78. The first-order valence-electron chi connectivity index (χ1n) is 10.6. The molecule has 0 atom stereocenters. The maximum Gasteiger partial charge on any atom is 0.298 e. The summed E-state index contributed by atoms with van der Waals surface area (Å²) in [7, 11) is 0. The quantitative estimate of drug-likeness (QED) is 0.322. The van der Waals surface area contributed by atoms with Gasteiger partial charge >= 0.3 is 0 Å². The average Bonchev–Trinajstić information content (AvgIpc) is 3.31. The molecule has 35 heavy (non-hydrogen) atoms. The number of halogens is 2. The zero-order valence-corrected chi connectivity index (χ0v) is 19.6. The van der Waals surface area contributed by atoms with E-state index in [4.69, 9.17) is 11.6 Å². The van der Waals surface area contributed by atoms with Gasteiger partial charge in [0.15, 0.2) is 0 Å². The molecular weight excluding hydrogens is 489 g/mol. The zero-order valence-electron chi connectivity index (χ0n) is 18.1. The summed E-state index contributed by atoms with van der Waals surface area (Å²) in [5, 5.41) is 3.59. The Morgan fingerprint density at radius 3 is 2.57 bits per heavy atom. The molecule has 5 rings (SSSR count). The van der Waals surface area contributed by atoms with E-state index in [1.165, 1.54) is 24.3 Å². The average molecular weight is 506 g/mol. The SMILES string of the molecule is O=C(Cn1cc(/C=C2/SC(=O)N(c3cccc(Cl)c3)C2=O)c2ccccc21)Nc1ccc(F)cc1. The summed E-state index contributed by atoms with van der Waals surface area (Å²) in [5.74, 6) is -1.11. The normalized spacial score (nSPS) is 14.8. The number of nitrogens with zero attached hydrogens (tertiary/aromatic N) is 2. The minimum absolute atomic E-state index is 0.00965. The summed E-state index contributed by atoms with van der Waals surface area (Å²) >= 11 is 6.88. The highest BCUT2D eigenvalue weighted by molar-refractivity contribution is 8.19. The molecule has 174 valence electrons. The van der Waals surface area contributed by atoms with E-state index < -0.39 is 11.1 Å². The minimum Gasteiger partial charge on any atom is -0.337 e. The number of hydrogen-bond donors (Lipinski definition) is 1. The van der Waals surface area contributed by atoms with Gasteiger partial charge in [-0.15, -0.1) is 0 Å². The van der Waals surface area contributed by atoms with Gasteiger partial charge in [0.1, 0.15) is 12.4 Å². The molecule has 1 saturated heterocycles. The van der Waals surface area contributed by atoms with Crippen molar-refractivity contribution in [2.75, 3.05) is 10.2 Å². The minimum atomic E-state index is -0.437. The lowest BCUT2D eigenvalue weighted by atomic mass is 10.1. The third-order valence-corrected chi connectivity index (χ3v) is 6.51. The van der Waals surface area contributed by atoms with Crippen LogP contribution in [0.25, 0.3) is 17.0 Å². The van der Waals surface area contributed by atoms with Crippen LogP contribution < -0.4 is 10.2 Å². The van der Waals surface area contributed by atoms with Crippen molar-refractivity contribution in [3.8, 4) is 0 Å². The molecule has 0 bridgehead atoms. The van der Waals surface area contributed by atoms with E-state index in [0.29, 0.717) is 22.0 Å². The molecule has 0 saturated carbocycles. The van der Waals surface area contributed by atoms with E-state index in [1.807, 2.05) is 24.3 Å². The number of para-hydroxylation sites is 1. The lowest BCUT2D eigenvalue weighted by Gasteiger charge is -2.12. The molecule has 0 aliphatic carbocycles. The Morgan fingerprint density at radius 2 is 1.80 bits per heavy atom. The van der Waals surface area contributed by atoms with Crippen LogP contribution in [0, 0.1) is 5.82 Å². The Hall–Kier alpha value is -3.88. The highest BCUT2D eigenvalue weighted by atomic mass is 35.5. The first-order valence-corrected chi connectivity index (χ1v) is 11.8. The van der Waals surface area contributed by atoms with Crippen molar-refractivity contribution >= 4 is 68.8 Å². The van der Waals surface area contributed by atoms with E-state index in [1.54, 1.807) is 41.1 Å². The molecule has 1 fully saturated rings. The van der Waals surface area contributed by atoms with Crippen LogP contribution in [0.5, 0.6) is 0 Å². The fourth-order valence-corrected chi connectivity index (χ4v) is 4.87. The standard InChI is InChI=1S/C26H17ClFN3O3S/c27-17-4-3-5-20(13-17)31-25(33)23(35-26(31)34)12-16-14-30(22-7-2-1-6-21(16)22)15-24(32)29-19-10-8-18(28)9-11-19/h1-14H,15H2,(H,29,32)/b23-12+. The molecule has 2 heterocycles. The predicted octanol–water partition coefficient (Wildman–Crippen LogP) is 6.31. The lowest BCUT2D eigenvalue weighted by molar-refractivity contribution is -0.116. The molecule has 6 nitrogen and oxygen atoms in total. The highest BCUT2D eigenvalue weighted by Crippen LogP contribution is 2.37. The number of nitrogens with one attached hydrogen (secondary N) is 1. The van der Waals surface area contributed by atoms with E-state index in [2.05, 4.69) is 5.32 Å². The Kier molecular flexibility index (Phi) is 6.15. The molecule has 1 aliphatic heterocycles. The van der Waals surface area contributed by atoms with Gasteiger partial charge in [-0.3, -0.25) is 14.4 Å². The number of imide groups is 1. The number of carbonyl (C=O) groups excluding carboxylic acids is 3. The number of rotatable bonds is 5. The first kappa shape index (κ1) is 22.9. The van der Waals surface area contributed by atoms with Crippen molar-refractivity contribution < 1.29 is 18.8 Å². The Morgan fingerprint density at radius 1 is 1.03 bits per heavy atom. The van der Waals surface area contributed by atoms with Crippen molar-refractivity contribution in [2.24, 2.45) is 0 Å². The number of fused-ring (bicyclic) bond motifs is 1. The van der Waals surface area contributed by atoms with Crippen molar-refractivity contribution in [2.45, 2.75) is 6.54 Å². The van der Waals surface area contributed by atoms with Gasteiger partial charge in [0.25, 0.3) is 11.1 Å². The monoisotopic (exact) mass is 505 g/mol. The largest absolute Gasteiger partial charge is 0.337 e. The molecule has 0 unspecified atom stereocenters. The van der Waals surface area contributed by atoms with Crippen LogP contribution in [0.2, 0.25) is 5.02 Å². The summed E-state index contributed by atoms with van der Waals surface area (Å²) in [6, 6.07) is 19.6. The summed E-state index contributed by atoms with van der Waals surface area (Å²) < 4.78 is 14.9. The van der Waals surface area contributed by atoms with Crippen molar-refractivity contribution in [3.63, 3.8) is 0 Å². The first-order chi connectivity index (χ1) is 16.9. The second kappa shape index (κ2) is 9.40. The summed E-state index contributed by atoms with van der Waals surface area (Å²) in [5.41, 5.74) is 2.39. The number of carbonyl (C=O) groups is 3. The summed E-state index contributed by atoms with van der Waals surface area (Å²) in [4.78, 5) is 39.7. The van der Waals surface area contributed by atoms with Crippen molar-refractivity contribution in [1.82, 2.24) is 4.57 Å². The van der Waals surface area contributed by atoms with Crippen LogP contribution in [0.4, 0.5) is 20.6 Å². The van der Waals surface area contributed by atoms with Gasteiger partial charge in [0.05, 0.1) is 10.6 Å². The maximum absolute atomic E-state index is 13.1. The molecule has 1 aliphatic rings. The molecule has 1 aromatic heterocycles. The number of thioether (sulfide) groups is 1. The van der Waals surface area contributed by atoms with Crippen LogP contribution in [-0.4, -0.2) is 21.6 Å². The number of aromatic nitrogens is 1. The Labute approximate surface area is 209 Å². The van der Waals surface area contributed by atoms with Gasteiger partial charge in [0.2, 0.25) is 5.91 Å². The molecule has 0 radical (unpaired) electrons. The van der Waals surface area contributed by atoms with Gasteiger partial charge in [-0.1, -0.05) is 35.9 Å². The zero-order chi connectivity index (χ0) is 24.5. The van der Waals surface area contributed by atoms with Crippen LogP contribution >= 0.6 is 23.4 Å². The highest BCUT2D eigenvalue weighted by Gasteiger charge is 2.36. The molecule has 4 aromatic rings. The fraction of sp³-hybridized carbons (Fsp3) is 0.0385. The molecular formula is C26H17ClFN3O3S. The van der Waals surface area contributed by atoms with Gasteiger partial charge in [-0.25, -0.2) is 9.29 Å². The van der Waals surface area contributed by atoms with Crippen molar-refractivity contribution in [3.05, 3.63) is 100 Å². The smallest absolute Gasteiger partial charge is 0.298 e. The topological polar surface area (TPSA) is 71.4 Å². The van der Waals surface area contributed by atoms with Crippen LogP contribution in [0.3, 0.4) is 0 Å².